The quantitative estimate of drug-likeness (QED) is 0.396. The van der Waals surface area contributed by atoms with Gasteiger partial charge < -0.3 is 24.4 Å². The highest BCUT2D eigenvalue weighted by molar-refractivity contribution is 4.33. The Morgan fingerprint density at radius 2 is 0.867 bits per heavy atom. The van der Waals surface area contributed by atoms with Crippen molar-refractivity contribution in [3.63, 3.8) is 0 Å². The molecule has 0 bridgehead atoms. The molecule has 0 radical (unpaired) electrons. The molecule has 5 heteroatoms. The van der Waals surface area contributed by atoms with Gasteiger partial charge in [-0.1, -0.05) is 0 Å². The summed E-state index contributed by atoms with van der Waals surface area (Å²) in [5.74, 6) is 0. The van der Waals surface area contributed by atoms with E-state index in [1.807, 2.05) is 0 Å². The number of hydrogen-bond donors (Lipinski definition) is 2. The van der Waals surface area contributed by atoms with Crippen molar-refractivity contribution < 1.29 is 24.4 Å². The van der Waals surface area contributed by atoms with Crippen molar-refractivity contribution in [3.05, 3.63) is 13.2 Å². The minimum atomic E-state index is 0.0413. The summed E-state index contributed by atoms with van der Waals surface area (Å²) in [5, 5.41) is 16.7. The minimum Gasteiger partial charge on any atom is -0.394 e. The highest BCUT2D eigenvalue weighted by atomic mass is 16.5. The molecule has 0 fully saturated rings. The van der Waals surface area contributed by atoms with Crippen molar-refractivity contribution in [3.8, 4) is 0 Å². The second-order valence-electron chi connectivity index (χ2n) is 2.28. The zero-order chi connectivity index (χ0) is 11.8. The van der Waals surface area contributed by atoms with Gasteiger partial charge in [-0.3, -0.25) is 0 Å². The van der Waals surface area contributed by atoms with Gasteiger partial charge in [0.2, 0.25) is 0 Å². The summed E-state index contributed by atoms with van der Waals surface area (Å²) in [5.41, 5.74) is 0. The van der Waals surface area contributed by atoms with Gasteiger partial charge in [-0.25, -0.2) is 0 Å². The first-order valence-corrected chi connectivity index (χ1v) is 4.86. The van der Waals surface area contributed by atoms with Gasteiger partial charge in [0.05, 0.1) is 52.9 Å². The number of hydrogen-bond acceptors (Lipinski definition) is 5. The van der Waals surface area contributed by atoms with E-state index in [1.165, 1.54) is 0 Å². The fourth-order valence-electron chi connectivity index (χ4n) is 0.671. The Kier molecular flexibility index (Phi) is 21.7. The van der Waals surface area contributed by atoms with E-state index in [-0.39, 0.29) is 13.2 Å². The van der Waals surface area contributed by atoms with Crippen LogP contribution in [0.4, 0.5) is 0 Å². The van der Waals surface area contributed by atoms with Gasteiger partial charge in [0.1, 0.15) is 0 Å². The fraction of sp³-hybridized carbons (Fsp3) is 0.800. The zero-order valence-electron chi connectivity index (χ0n) is 9.19. The first-order valence-electron chi connectivity index (χ1n) is 4.86. The smallest absolute Gasteiger partial charge is 0.0701 e. The van der Waals surface area contributed by atoms with Gasteiger partial charge >= 0.3 is 0 Å². The van der Waals surface area contributed by atoms with E-state index in [0.29, 0.717) is 39.6 Å². The van der Waals surface area contributed by atoms with Crippen molar-refractivity contribution in [2.24, 2.45) is 0 Å². The number of rotatable bonds is 10. The van der Waals surface area contributed by atoms with Crippen molar-refractivity contribution >= 4 is 0 Å². The molecule has 0 aromatic rings. The Labute approximate surface area is 91.3 Å². The second-order valence-corrected chi connectivity index (χ2v) is 2.28. The molecular formula is C10H22O5. The molecule has 0 aliphatic rings. The molecule has 0 saturated heterocycles. The standard InChI is InChI=1S/C8H18O5.C2H4/c9-1-3-11-5-7-13-8-6-12-4-2-10;1-2/h9-10H,1-8H2;1-2H2. The van der Waals surface area contributed by atoms with E-state index in [2.05, 4.69) is 13.2 Å². The normalized spacial score (nSPS) is 9.47. The number of aliphatic hydroxyl groups excluding tert-OH is 2. The van der Waals surface area contributed by atoms with E-state index >= 15 is 0 Å². The molecule has 2 N–H and O–H groups in total. The van der Waals surface area contributed by atoms with Crippen LogP contribution in [0.1, 0.15) is 0 Å². The lowest BCUT2D eigenvalue weighted by molar-refractivity contribution is 0.00230. The molecule has 0 amide bonds. The maximum atomic E-state index is 8.36. The highest BCUT2D eigenvalue weighted by Gasteiger charge is 1.89. The lowest BCUT2D eigenvalue weighted by atomic mass is 10.7. The molecule has 15 heavy (non-hydrogen) atoms. The van der Waals surface area contributed by atoms with Crippen LogP contribution in [0, 0.1) is 0 Å². The van der Waals surface area contributed by atoms with E-state index < -0.39 is 0 Å². The van der Waals surface area contributed by atoms with Crippen LogP contribution in [0.5, 0.6) is 0 Å². The summed E-state index contributed by atoms with van der Waals surface area (Å²) in [7, 11) is 0. The first kappa shape index (κ1) is 17.0. The topological polar surface area (TPSA) is 68.2 Å². The number of aliphatic hydroxyl groups is 2. The van der Waals surface area contributed by atoms with Crippen molar-refractivity contribution in [1.29, 1.82) is 0 Å². The van der Waals surface area contributed by atoms with Gasteiger partial charge in [-0.2, -0.15) is 0 Å². The third-order valence-corrected chi connectivity index (χ3v) is 1.22. The highest BCUT2D eigenvalue weighted by Crippen LogP contribution is 1.80. The predicted molar refractivity (Wildman–Crippen MR) is 57.9 cm³/mol. The molecule has 0 aliphatic heterocycles. The largest absolute Gasteiger partial charge is 0.394 e. The van der Waals surface area contributed by atoms with E-state index in [9.17, 15) is 0 Å². The molecule has 0 saturated carbocycles. The molecule has 0 aromatic heterocycles. The van der Waals surface area contributed by atoms with Crippen molar-refractivity contribution in [2.75, 3.05) is 52.9 Å². The summed E-state index contributed by atoms with van der Waals surface area (Å²) < 4.78 is 15.0. The molecule has 0 aromatic carbocycles. The van der Waals surface area contributed by atoms with Crippen LogP contribution >= 0.6 is 0 Å². The van der Waals surface area contributed by atoms with E-state index in [0.717, 1.165) is 0 Å². The Balaban J connectivity index is 0. The van der Waals surface area contributed by atoms with Crippen LogP contribution in [0.15, 0.2) is 13.2 Å². The molecule has 0 heterocycles. The summed E-state index contributed by atoms with van der Waals surface area (Å²) in [6.45, 7) is 8.76. The average Bonchev–Trinajstić information content (AvgIpc) is 2.30. The van der Waals surface area contributed by atoms with Gasteiger partial charge in [0.25, 0.3) is 0 Å². The summed E-state index contributed by atoms with van der Waals surface area (Å²) in [6.07, 6.45) is 0. The molecule has 92 valence electrons. The van der Waals surface area contributed by atoms with E-state index in [4.69, 9.17) is 24.4 Å². The Morgan fingerprint density at radius 3 is 1.13 bits per heavy atom. The SMILES string of the molecule is C=C.OCCOCCOCCOCCO. The first-order chi connectivity index (χ1) is 7.41. The van der Waals surface area contributed by atoms with Gasteiger partial charge in [0.15, 0.2) is 0 Å². The van der Waals surface area contributed by atoms with Gasteiger partial charge in [0, 0.05) is 0 Å². The maximum Gasteiger partial charge on any atom is 0.0701 e. The fourth-order valence-corrected chi connectivity index (χ4v) is 0.671. The van der Waals surface area contributed by atoms with Crippen LogP contribution in [0.3, 0.4) is 0 Å². The summed E-state index contributed by atoms with van der Waals surface area (Å²) in [4.78, 5) is 0. The van der Waals surface area contributed by atoms with Crippen molar-refractivity contribution in [2.45, 2.75) is 0 Å². The zero-order valence-corrected chi connectivity index (χ0v) is 9.19. The predicted octanol–water partition coefficient (Wildman–Crippen LogP) is -0.177. The van der Waals surface area contributed by atoms with Gasteiger partial charge in [-0.15, -0.1) is 13.2 Å². The summed E-state index contributed by atoms with van der Waals surface area (Å²) in [6, 6.07) is 0. The molecule has 0 aliphatic carbocycles. The molecule has 0 atom stereocenters. The van der Waals surface area contributed by atoms with Crippen LogP contribution in [0.2, 0.25) is 0 Å². The third-order valence-electron chi connectivity index (χ3n) is 1.22. The average molecular weight is 222 g/mol. The van der Waals surface area contributed by atoms with Crippen LogP contribution < -0.4 is 0 Å². The monoisotopic (exact) mass is 222 g/mol. The third kappa shape index (κ3) is 19.8. The number of ether oxygens (including phenoxy) is 3. The van der Waals surface area contributed by atoms with Gasteiger partial charge in [-0.05, 0) is 0 Å². The molecule has 5 nitrogen and oxygen atoms in total. The van der Waals surface area contributed by atoms with E-state index in [1.54, 1.807) is 0 Å². The summed E-state index contributed by atoms with van der Waals surface area (Å²) >= 11 is 0. The van der Waals surface area contributed by atoms with Crippen LogP contribution in [0.25, 0.3) is 0 Å². The second kappa shape index (κ2) is 19.2. The van der Waals surface area contributed by atoms with Crippen LogP contribution in [-0.4, -0.2) is 63.1 Å². The Bertz CT molecular complexity index is 89.8. The lowest BCUT2D eigenvalue weighted by Crippen LogP contribution is -2.11. The Hall–Kier alpha value is -0.460. The molecule has 0 unspecified atom stereocenters. The maximum absolute atomic E-state index is 8.36. The molecular weight excluding hydrogens is 200 g/mol. The molecule has 0 rings (SSSR count). The lowest BCUT2D eigenvalue weighted by Gasteiger charge is -2.04. The van der Waals surface area contributed by atoms with Crippen molar-refractivity contribution in [1.82, 2.24) is 0 Å². The molecule has 0 spiro atoms. The Morgan fingerprint density at radius 1 is 0.600 bits per heavy atom. The van der Waals surface area contributed by atoms with Crippen LogP contribution in [-0.2, 0) is 14.2 Å². The minimum absolute atomic E-state index is 0.0413.